The molecule has 0 aliphatic carbocycles. The van der Waals surface area contributed by atoms with Crippen molar-refractivity contribution in [3.8, 4) is 34.8 Å². The fourth-order valence-electron chi connectivity index (χ4n) is 6.33. The van der Waals surface area contributed by atoms with Crippen LogP contribution in [0.3, 0.4) is 0 Å². The maximum Gasteiger partial charge on any atom is 0.188 e. The van der Waals surface area contributed by atoms with Crippen LogP contribution in [0.25, 0.3) is 57.0 Å². The topological polar surface area (TPSA) is 91.0 Å². The van der Waals surface area contributed by atoms with Crippen LogP contribution < -0.4 is 19.3 Å². The van der Waals surface area contributed by atoms with Crippen LogP contribution in [-0.4, -0.2) is 56.0 Å². The number of ether oxygens (including phenoxy) is 4. The van der Waals surface area contributed by atoms with Crippen LogP contribution in [0.2, 0.25) is 0 Å². The normalized spacial score (nSPS) is 11.3. The predicted octanol–water partition coefficient (Wildman–Crippen LogP) is 9.84. The van der Waals surface area contributed by atoms with Gasteiger partial charge in [-0.05, 0) is 93.3 Å². The number of methoxy groups -OCH3 is 2. The Hall–Kier alpha value is -6.58. The summed E-state index contributed by atoms with van der Waals surface area (Å²) in [5.74, 6) is 1.24. The predicted molar refractivity (Wildman–Crippen MR) is 221 cm³/mol. The monoisotopic (exact) mass is 714 g/mol. The molecule has 6 aromatic rings. The molecule has 6 aromatic carbocycles. The lowest BCUT2D eigenvalue weighted by Crippen LogP contribution is -2.10. The van der Waals surface area contributed by atoms with Gasteiger partial charge in [0, 0.05) is 76.0 Å². The second-order valence-corrected chi connectivity index (χ2v) is 13.2. The average Bonchev–Trinajstić information content (AvgIpc) is 3.19. The molecular formula is C46H42N4O4. The number of hydrogen-bond acceptors (Lipinski definition) is 8. The van der Waals surface area contributed by atoms with Crippen LogP contribution in [0.4, 0.5) is 11.4 Å². The second kappa shape index (κ2) is 16.8. The Morgan fingerprint density at radius 1 is 0.519 bits per heavy atom. The van der Waals surface area contributed by atoms with Crippen LogP contribution in [-0.2, 0) is 9.47 Å². The van der Waals surface area contributed by atoms with Crippen molar-refractivity contribution >= 4 is 57.2 Å². The summed E-state index contributed by atoms with van der Waals surface area (Å²) in [6.45, 7) is 0.0218. The summed E-state index contributed by atoms with van der Waals surface area (Å²) in [4.78, 5) is 4.16. The lowest BCUT2D eigenvalue weighted by molar-refractivity contribution is 0.0500. The lowest BCUT2D eigenvalue weighted by atomic mass is 9.87. The van der Waals surface area contributed by atoms with Crippen molar-refractivity contribution in [1.82, 2.24) is 0 Å². The van der Waals surface area contributed by atoms with Gasteiger partial charge in [-0.1, -0.05) is 60.7 Å². The highest BCUT2D eigenvalue weighted by Gasteiger charge is 2.25. The van der Waals surface area contributed by atoms with Crippen LogP contribution in [0.15, 0.2) is 97.1 Å². The lowest BCUT2D eigenvalue weighted by Gasteiger charge is -2.24. The highest BCUT2D eigenvalue weighted by atomic mass is 16.7. The van der Waals surface area contributed by atoms with Gasteiger partial charge in [0.2, 0.25) is 0 Å². The summed E-state index contributed by atoms with van der Waals surface area (Å²) in [7, 11) is 11.3. The van der Waals surface area contributed by atoms with Crippen LogP contribution in [0.1, 0.15) is 33.4 Å². The van der Waals surface area contributed by atoms with Crippen molar-refractivity contribution in [2.24, 2.45) is 0 Å². The number of nitriles is 2. The minimum atomic E-state index is 0.0109. The Kier molecular flexibility index (Phi) is 11.6. The minimum absolute atomic E-state index is 0.0109. The van der Waals surface area contributed by atoms with E-state index < -0.39 is 0 Å². The molecule has 270 valence electrons. The molecular weight excluding hydrogens is 673 g/mol. The van der Waals surface area contributed by atoms with Crippen molar-refractivity contribution in [1.29, 1.82) is 10.5 Å². The van der Waals surface area contributed by atoms with Gasteiger partial charge in [-0.25, -0.2) is 0 Å². The van der Waals surface area contributed by atoms with E-state index in [1.807, 2.05) is 76.8 Å². The van der Waals surface area contributed by atoms with E-state index in [-0.39, 0.29) is 13.6 Å². The van der Waals surface area contributed by atoms with Crippen LogP contribution >= 0.6 is 0 Å². The number of benzene rings is 6. The smallest absolute Gasteiger partial charge is 0.188 e. The van der Waals surface area contributed by atoms with Crippen molar-refractivity contribution in [3.05, 3.63) is 130 Å². The summed E-state index contributed by atoms with van der Waals surface area (Å²) in [5, 5.41) is 22.6. The largest absolute Gasteiger partial charge is 0.466 e. The van der Waals surface area contributed by atoms with Crippen molar-refractivity contribution < 1.29 is 18.9 Å². The first-order valence-corrected chi connectivity index (χ1v) is 17.4. The van der Waals surface area contributed by atoms with Crippen molar-refractivity contribution in [3.63, 3.8) is 0 Å². The van der Waals surface area contributed by atoms with Crippen molar-refractivity contribution in [2.75, 3.05) is 65.8 Å². The maximum atomic E-state index is 9.34. The van der Waals surface area contributed by atoms with E-state index in [1.165, 1.54) is 0 Å². The average molecular weight is 715 g/mol. The fraction of sp³-hybridized carbons (Fsp3) is 0.174. The molecule has 8 heteroatoms. The van der Waals surface area contributed by atoms with Gasteiger partial charge >= 0.3 is 0 Å². The number of fused-ring (bicyclic) bond motifs is 2. The summed E-state index contributed by atoms with van der Waals surface area (Å²) in [6, 6.07) is 36.4. The molecule has 0 spiro atoms. The van der Waals surface area contributed by atoms with E-state index in [1.54, 1.807) is 38.5 Å². The van der Waals surface area contributed by atoms with E-state index in [9.17, 15) is 10.5 Å². The molecule has 0 aromatic heterocycles. The molecule has 0 amide bonds. The molecule has 0 atom stereocenters. The van der Waals surface area contributed by atoms with E-state index in [2.05, 4.69) is 70.5 Å². The van der Waals surface area contributed by atoms with Gasteiger partial charge in [0.15, 0.2) is 13.6 Å². The molecule has 6 rings (SSSR count). The zero-order valence-electron chi connectivity index (χ0n) is 31.4. The van der Waals surface area contributed by atoms with Gasteiger partial charge in [-0.3, -0.25) is 0 Å². The first-order valence-electron chi connectivity index (χ1n) is 17.4. The number of anilines is 2. The summed E-state index contributed by atoms with van der Waals surface area (Å²) < 4.78 is 24.3. The van der Waals surface area contributed by atoms with Crippen LogP contribution in [0, 0.1) is 22.7 Å². The zero-order valence-corrected chi connectivity index (χ0v) is 31.4. The molecule has 0 aliphatic rings. The second-order valence-electron chi connectivity index (χ2n) is 13.2. The summed E-state index contributed by atoms with van der Waals surface area (Å²) in [6.07, 6.45) is 8.10. The van der Waals surface area contributed by atoms with Gasteiger partial charge in [0.05, 0.1) is 23.3 Å². The Labute approximate surface area is 316 Å². The first kappa shape index (κ1) is 37.2. The summed E-state index contributed by atoms with van der Waals surface area (Å²) >= 11 is 0. The summed E-state index contributed by atoms with van der Waals surface area (Å²) in [5.41, 5.74) is 8.49. The molecule has 0 fully saturated rings. The van der Waals surface area contributed by atoms with Crippen molar-refractivity contribution in [2.45, 2.75) is 0 Å². The molecule has 0 N–H and O–H groups in total. The quantitative estimate of drug-likeness (QED) is 0.0863. The van der Waals surface area contributed by atoms with E-state index in [4.69, 9.17) is 18.9 Å². The fourth-order valence-corrected chi connectivity index (χ4v) is 6.33. The van der Waals surface area contributed by atoms with E-state index in [0.717, 1.165) is 66.3 Å². The Bertz CT molecular complexity index is 2260. The molecule has 0 bridgehead atoms. The highest BCUT2D eigenvalue weighted by molar-refractivity contribution is 6.13. The molecule has 8 nitrogen and oxygen atoms in total. The van der Waals surface area contributed by atoms with Gasteiger partial charge < -0.3 is 28.7 Å². The molecule has 0 aliphatic heterocycles. The number of nitrogens with zero attached hydrogens (tertiary/aromatic N) is 4. The third-order valence-electron chi connectivity index (χ3n) is 9.13. The minimum Gasteiger partial charge on any atom is -0.466 e. The van der Waals surface area contributed by atoms with Gasteiger partial charge in [-0.2, -0.15) is 10.5 Å². The Morgan fingerprint density at radius 3 is 1.24 bits per heavy atom. The van der Waals surface area contributed by atoms with Gasteiger partial charge in [-0.15, -0.1) is 0 Å². The number of hydrogen-bond donors (Lipinski definition) is 0. The third kappa shape index (κ3) is 8.06. The standard InChI is InChI=1S/C46H42N4O4/c1-49(2)39-21-19-35-23-37(17-15-31-7-11-33(27-47)12-8-31)45(53-29-51-5)43(41(35)25-39)44-42-26-40(50(3)4)22-20-36(42)24-38(46(44)54-30-52-6)18-16-32-9-13-34(28-48)14-10-32/h7-26H,29-30H2,1-6H3/b17-15+,18-16+. The molecule has 0 saturated heterocycles. The highest BCUT2D eigenvalue weighted by Crippen LogP contribution is 2.50. The SMILES string of the molecule is COCOc1c(/C=C/c2ccc(C#N)cc2)cc2ccc(N(C)C)cc2c1-c1c(OCOC)c(/C=C/c2ccc(C#N)cc2)cc2ccc(N(C)C)cc12. The zero-order chi connectivity index (χ0) is 38.2. The number of rotatable bonds is 13. The Balaban J connectivity index is 1.74. The van der Waals surface area contributed by atoms with Gasteiger partial charge in [0.1, 0.15) is 11.5 Å². The van der Waals surface area contributed by atoms with E-state index in [0.29, 0.717) is 22.6 Å². The first-order chi connectivity index (χ1) is 26.2. The Morgan fingerprint density at radius 2 is 0.907 bits per heavy atom. The molecule has 0 radical (unpaired) electrons. The third-order valence-corrected chi connectivity index (χ3v) is 9.13. The maximum absolute atomic E-state index is 9.34. The van der Waals surface area contributed by atoms with Gasteiger partial charge in [0.25, 0.3) is 0 Å². The molecule has 0 unspecified atom stereocenters. The molecule has 0 saturated carbocycles. The van der Waals surface area contributed by atoms with Crippen LogP contribution in [0.5, 0.6) is 11.5 Å². The van der Waals surface area contributed by atoms with E-state index >= 15 is 0 Å². The molecule has 0 heterocycles. The molecule has 54 heavy (non-hydrogen) atoms.